The molecule has 11 heavy (non-hydrogen) atoms. The predicted molar refractivity (Wildman–Crippen MR) is 35.7 cm³/mol. The molecular weight excluding hydrogens is 150 g/mol. The highest BCUT2D eigenvalue weighted by Gasteiger charge is 2.12. The maximum atomic E-state index is 10.7. The molecule has 1 aromatic rings. The minimum Gasteiger partial charge on any atom is -0.494 e. The van der Waals surface area contributed by atoms with Gasteiger partial charge in [-0.05, 0) is 6.92 Å². The minimum absolute atomic E-state index is 0.116. The molecule has 0 aliphatic heterocycles. The molecular formula is C6H7NO4. The third kappa shape index (κ3) is 1.32. The van der Waals surface area contributed by atoms with Crippen LogP contribution in [0.5, 0.6) is 11.8 Å². The number of aromatic nitrogens is 1. The largest absolute Gasteiger partial charge is 0.494 e. The van der Waals surface area contributed by atoms with Gasteiger partial charge in [-0.15, -0.1) is 0 Å². The third-order valence-corrected chi connectivity index (χ3v) is 1.24. The predicted octanol–water partition coefficient (Wildman–Crippen LogP) is 0.775. The Labute approximate surface area is 62.2 Å². The van der Waals surface area contributed by atoms with Crippen molar-refractivity contribution in [3.8, 4) is 11.8 Å². The second-order valence-electron chi connectivity index (χ2n) is 2.04. The summed E-state index contributed by atoms with van der Waals surface area (Å²) < 4.78 is 0. The van der Waals surface area contributed by atoms with Crippen molar-refractivity contribution in [2.75, 3.05) is 0 Å². The maximum Gasteiger partial charge on any atom is 0.247 e. The quantitative estimate of drug-likeness (QED) is 0.336. The van der Waals surface area contributed by atoms with E-state index in [2.05, 4.69) is 9.87 Å². The summed E-state index contributed by atoms with van der Waals surface area (Å²) in [5.41, 5.74) is 0.116. The SMILES string of the molecule is CC(=O)c1cc(O)[nH]c1OO. The molecule has 3 N–H and O–H groups in total. The zero-order valence-electron chi connectivity index (χ0n) is 5.79. The summed E-state index contributed by atoms with van der Waals surface area (Å²) in [6.07, 6.45) is 0. The molecule has 1 heterocycles. The summed E-state index contributed by atoms with van der Waals surface area (Å²) in [5, 5.41) is 17.0. The number of ketones is 1. The summed E-state index contributed by atoms with van der Waals surface area (Å²) in [6.45, 7) is 1.30. The van der Waals surface area contributed by atoms with Crippen molar-refractivity contribution in [2.45, 2.75) is 6.92 Å². The van der Waals surface area contributed by atoms with Gasteiger partial charge < -0.3 is 9.99 Å². The van der Waals surface area contributed by atoms with E-state index >= 15 is 0 Å². The molecule has 0 bridgehead atoms. The van der Waals surface area contributed by atoms with E-state index < -0.39 is 0 Å². The van der Waals surface area contributed by atoms with Crippen LogP contribution in [0.4, 0.5) is 0 Å². The fourth-order valence-electron chi connectivity index (χ4n) is 0.756. The van der Waals surface area contributed by atoms with Crippen LogP contribution in [0.25, 0.3) is 0 Å². The second kappa shape index (κ2) is 2.63. The molecule has 60 valence electrons. The third-order valence-electron chi connectivity index (χ3n) is 1.24. The fraction of sp³-hybridized carbons (Fsp3) is 0.167. The molecule has 0 aliphatic carbocycles. The van der Waals surface area contributed by atoms with E-state index in [-0.39, 0.29) is 23.1 Å². The molecule has 0 aromatic carbocycles. The molecule has 0 atom stereocenters. The van der Waals surface area contributed by atoms with Crippen molar-refractivity contribution in [3.05, 3.63) is 11.6 Å². The first-order chi connectivity index (χ1) is 5.15. The van der Waals surface area contributed by atoms with E-state index in [1.54, 1.807) is 0 Å². The van der Waals surface area contributed by atoms with Crippen LogP contribution in [0, 0.1) is 0 Å². The smallest absolute Gasteiger partial charge is 0.247 e. The molecule has 0 unspecified atom stereocenters. The Morgan fingerprint density at radius 3 is 2.73 bits per heavy atom. The molecule has 0 amide bonds. The van der Waals surface area contributed by atoms with Crippen LogP contribution in [-0.2, 0) is 0 Å². The standard InChI is InChI=1S/C6H7NO4/c1-3(8)4-2-5(9)7-6(4)11-10/h2,7,9-10H,1H3. The van der Waals surface area contributed by atoms with Crippen LogP contribution in [-0.4, -0.2) is 21.1 Å². The van der Waals surface area contributed by atoms with Gasteiger partial charge in [0.25, 0.3) is 0 Å². The Morgan fingerprint density at radius 2 is 2.36 bits per heavy atom. The van der Waals surface area contributed by atoms with Gasteiger partial charge in [0.2, 0.25) is 5.88 Å². The van der Waals surface area contributed by atoms with Crippen molar-refractivity contribution in [1.29, 1.82) is 0 Å². The molecule has 0 fully saturated rings. The lowest BCUT2D eigenvalue weighted by Crippen LogP contribution is -1.94. The zero-order chi connectivity index (χ0) is 8.43. The van der Waals surface area contributed by atoms with Crippen molar-refractivity contribution in [1.82, 2.24) is 4.98 Å². The summed E-state index contributed by atoms with van der Waals surface area (Å²) in [4.78, 5) is 16.7. The lowest BCUT2D eigenvalue weighted by Gasteiger charge is -1.92. The zero-order valence-corrected chi connectivity index (χ0v) is 5.79. The number of aromatic amines is 1. The van der Waals surface area contributed by atoms with Crippen LogP contribution >= 0.6 is 0 Å². The lowest BCUT2D eigenvalue weighted by atomic mass is 10.2. The van der Waals surface area contributed by atoms with Crippen molar-refractivity contribution in [3.63, 3.8) is 0 Å². The average molecular weight is 157 g/mol. The number of rotatable bonds is 2. The highest BCUT2D eigenvalue weighted by Crippen LogP contribution is 2.22. The average Bonchev–Trinajstić information content (AvgIpc) is 2.30. The highest BCUT2D eigenvalue weighted by molar-refractivity contribution is 5.96. The normalized spacial score (nSPS) is 9.64. The number of hydrogen-bond acceptors (Lipinski definition) is 4. The van der Waals surface area contributed by atoms with Gasteiger partial charge in [0, 0.05) is 6.07 Å². The number of H-pyrrole nitrogens is 1. The maximum absolute atomic E-state index is 10.7. The lowest BCUT2D eigenvalue weighted by molar-refractivity contribution is -0.141. The summed E-state index contributed by atoms with van der Waals surface area (Å²) >= 11 is 0. The van der Waals surface area contributed by atoms with Gasteiger partial charge in [-0.3, -0.25) is 9.78 Å². The van der Waals surface area contributed by atoms with Gasteiger partial charge in [0.1, 0.15) is 0 Å². The molecule has 0 saturated carbocycles. The molecule has 1 aromatic heterocycles. The van der Waals surface area contributed by atoms with Crippen LogP contribution in [0.1, 0.15) is 17.3 Å². The van der Waals surface area contributed by atoms with E-state index in [0.29, 0.717) is 0 Å². The number of carbonyl (C=O) groups excluding carboxylic acids is 1. The van der Waals surface area contributed by atoms with Gasteiger partial charge in [0.05, 0.1) is 5.56 Å². The van der Waals surface area contributed by atoms with Gasteiger partial charge in [0.15, 0.2) is 11.7 Å². The summed E-state index contributed by atoms with van der Waals surface area (Å²) in [6, 6.07) is 1.17. The number of nitrogens with one attached hydrogen (secondary N) is 1. The molecule has 0 spiro atoms. The number of hydrogen-bond donors (Lipinski definition) is 3. The molecule has 0 radical (unpaired) electrons. The number of aromatic hydroxyl groups is 1. The Balaban J connectivity index is 3.12. The summed E-state index contributed by atoms with van der Waals surface area (Å²) in [5.74, 6) is -0.667. The Bertz CT molecular complexity index is 278. The molecule has 5 nitrogen and oxygen atoms in total. The highest BCUT2D eigenvalue weighted by atomic mass is 17.1. The molecule has 0 aliphatic rings. The van der Waals surface area contributed by atoms with Gasteiger partial charge >= 0.3 is 0 Å². The van der Waals surface area contributed by atoms with E-state index in [9.17, 15) is 4.79 Å². The van der Waals surface area contributed by atoms with E-state index in [4.69, 9.17) is 10.4 Å². The van der Waals surface area contributed by atoms with Crippen molar-refractivity contribution < 1.29 is 20.0 Å². The number of carbonyl (C=O) groups is 1. The second-order valence-corrected chi connectivity index (χ2v) is 2.04. The van der Waals surface area contributed by atoms with Crippen LogP contribution in [0.3, 0.4) is 0 Å². The topological polar surface area (TPSA) is 82.5 Å². The van der Waals surface area contributed by atoms with Crippen LogP contribution < -0.4 is 4.89 Å². The minimum atomic E-state index is -0.300. The van der Waals surface area contributed by atoms with E-state index in [1.165, 1.54) is 13.0 Å². The van der Waals surface area contributed by atoms with Gasteiger partial charge in [-0.1, -0.05) is 0 Å². The van der Waals surface area contributed by atoms with E-state index in [0.717, 1.165) is 0 Å². The van der Waals surface area contributed by atoms with Crippen LogP contribution in [0.2, 0.25) is 0 Å². The summed E-state index contributed by atoms with van der Waals surface area (Å²) in [7, 11) is 0. The number of Topliss-reactive ketones (excluding diaryl/α,β-unsaturated/α-hetero) is 1. The fourth-order valence-corrected chi connectivity index (χ4v) is 0.756. The Hall–Kier alpha value is -1.49. The van der Waals surface area contributed by atoms with Crippen molar-refractivity contribution in [2.24, 2.45) is 0 Å². The first kappa shape index (κ1) is 7.62. The first-order valence-corrected chi connectivity index (χ1v) is 2.89. The van der Waals surface area contributed by atoms with Crippen LogP contribution in [0.15, 0.2) is 6.07 Å². The molecule has 0 saturated heterocycles. The monoisotopic (exact) mass is 157 g/mol. The van der Waals surface area contributed by atoms with Crippen molar-refractivity contribution >= 4 is 5.78 Å². The Kier molecular flexibility index (Phi) is 1.82. The van der Waals surface area contributed by atoms with E-state index in [1.807, 2.05) is 0 Å². The first-order valence-electron chi connectivity index (χ1n) is 2.89. The Morgan fingerprint density at radius 1 is 1.73 bits per heavy atom. The molecule has 1 rings (SSSR count). The van der Waals surface area contributed by atoms with Gasteiger partial charge in [-0.2, -0.15) is 0 Å². The van der Waals surface area contributed by atoms with Gasteiger partial charge in [-0.25, -0.2) is 5.26 Å². The molecule has 5 heteroatoms.